The van der Waals surface area contributed by atoms with Crippen LogP contribution in [-0.2, 0) is 4.79 Å². The van der Waals surface area contributed by atoms with Gasteiger partial charge in [-0.3, -0.25) is 4.79 Å². The van der Waals surface area contributed by atoms with Gasteiger partial charge in [0.05, 0.1) is 11.9 Å². The average Bonchev–Trinajstić information content (AvgIpc) is 2.09. The molecule has 0 bridgehead atoms. The minimum atomic E-state index is -0.0263. The molecule has 0 fully saturated rings. The number of anilines is 2. The molecule has 0 saturated carbocycles. The highest BCUT2D eigenvalue weighted by atomic mass is 16.1. The predicted molar refractivity (Wildman–Crippen MR) is 47.6 cm³/mol. The van der Waals surface area contributed by atoms with Gasteiger partial charge >= 0.3 is 0 Å². The van der Waals surface area contributed by atoms with Gasteiger partial charge in [-0.1, -0.05) is 6.92 Å². The Kier molecular flexibility index (Phi) is 2.63. The number of nitrogens with one attached hydrogen (secondary N) is 1. The van der Waals surface area contributed by atoms with Crippen LogP contribution in [0.4, 0.5) is 11.5 Å². The summed E-state index contributed by atoms with van der Waals surface area (Å²) < 4.78 is 0. The van der Waals surface area contributed by atoms with E-state index < -0.39 is 0 Å². The number of rotatable bonds is 2. The third-order valence-electron chi connectivity index (χ3n) is 1.39. The van der Waals surface area contributed by atoms with Crippen LogP contribution < -0.4 is 11.1 Å². The van der Waals surface area contributed by atoms with Crippen molar-refractivity contribution in [1.82, 2.24) is 4.98 Å². The van der Waals surface area contributed by atoms with E-state index in [-0.39, 0.29) is 5.91 Å². The Labute approximate surface area is 70.8 Å². The van der Waals surface area contributed by atoms with E-state index in [1.165, 1.54) is 6.20 Å². The SMILES string of the molecule is CCC(=O)Nc1ccc(N)nc1. The summed E-state index contributed by atoms with van der Waals surface area (Å²) in [5.41, 5.74) is 6.04. The first-order valence-corrected chi connectivity index (χ1v) is 3.73. The van der Waals surface area contributed by atoms with Gasteiger partial charge in [0, 0.05) is 6.42 Å². The second-order valence-electron chi connectivity index (χ2n) is 2.37. The van der Waals surface area contributed by atoms with Gasteiger partial charge in [0.15, 0.2) is 0 Å². The van der Waals surface area contributed by atoms with Crippen molar-refractivity contribution in [2.45, 2.75) is 13.3 Å². The number of nitrogens with zero attached hydrogens (tertiary/aromatic N) is 1. The Balaban J connectivity index is 2.64. The van der Waals surface area contributed by atoms with Crippen LogP contribution in [0.5, 0.6) is 0 Å². The Hall–Kier alpha value is -1.58. The summed E-state index contributed by atoms with van der Waals surface area (Å²) >= 11 is 0. The summed E-state index contributed by atoms with van der Waals surface area (Å²) in [5.74, 6) is 0.422. The standard InChI is InChI=1S/C8H11N3O/c1-2-8(12)11-6-3-4-7(9)10-5-6/h3-5H,2H2,1H3,(H2,9,10)(H,11,12). The molecule has 0 aliphatic rings. The molecule has 1 rings (SSSR count). The summed E-state index contributed by atoms with van der Waals surface area (Å²) in [6.07, 6.45) is 1.99. The first kappa shape index (κ1) is 8.52. The molecule has 0 spiro atoms. The highest BCUT2D eigenvalue weighted by Crippen LogP contribution is 2.06. The van der Waals surface area contributed by atoms with Crippen LogP contribution in [0.3, 0.4) is 0 Å². The second-order valence-corrected chi connectivity index (χ2v) is 2.37. The quantitative estimate of drug-likeness (QED) is 0.687. The number of nitrogens with two attached hydrogens (primary N) is 1. The lowest BCUT2D eigenvalue weighted by atomic mass is 10.4. The van der Waals surface area contributed by atoms with Crippen LogP contribution in [-0.4, -0.2) is 10.9 Å². The van der Waals surface area contributed by atoms with Gasteiger partial charge in [0.25, 0.3) is 0 Å². The summed E-state index contributed by atoms with van der Waals surface area (Å²) in [6.45, 7) is 1.79. The number of amides is 1. The molecular formula is C8H11N3O. The van der Waals surface area contributed by atoms with Crippen LogP contribution in [0.25, 0.3) is 0 Å². The summed E-state index contributed by atoms with van der Waals surface area (Å²) in [6, 6.07) is 3.36. The molecule has 1 heterocycles. The van der Waals surface area contributed by atoms with Crippen molar-refractivity contribution in [2.75, 3.05) is 11.1 Å². The number of hydrogen-bond donors (Lipinski definition) is 2. The lowest BCUT2D eigenvalue weighted by molar-refractivity contribution is -0.115. The van der Waals surface area contributed by atoms with E-state index in [2.05, 4.69) is 10.3 Å². The fraction of sp³-hybridized carbons (Fsp3) is 0.250. The monoisotopic (exact) mass is 165 g/mol. The van der Waals surface area contributed by atoms with Gasteiger partial charge in [0.2, 0.25) is 5.91 Å². The number of aromatic nitrogens is 1. The van der Waals surface area contributed by atoms with E-state index >= 15 is 0 Å². The lowest BCUT2D eigenvalue weighted by Gasteiger charge is -2.01. The van der Waals surface area contributed by atoms with Crippen molar-refractivity contribution >= 4 is 17.4 Å². The molecule has 4 nitrogen and oxygen atoms in total. The molecule has 0 atom stereocenters. The fourth-order valence-corrected chi connectivity index (χ4v) is 0.729. The summed E-state index contributed by atoms with van der Waals surface area (Å²) in [4.78, 5) is 14.7. The van der Waals surface area contributed by atoms with E-state index in [1.807, 2.05) is 0 Å². The zero-order valence-corrected chi connectivity index (χ0v) is 6.87. The third-order valence-corrected chi connectivity index (χ3v) is 1.39. The van der Waals surface area contributed by atoms with Crippen molar-refractivity contribution in [1.29, 1.82) is 0 Å². The van der Waals surface area contributed by atoms with Gasteiger partial charge in [-0.15, -0.1) is 0 Å². The largest absolute Gasteiger partial charge is 0.384 e. The molecule has 1 amide bonds. The van der Waals surface area contributed by atoms with Gasteiger partial charge in [-0.2, -0.15) is 0 Å². The van der Waals surface area contributed by atoms with Crippen LogP contribution in [0.2, 0.25) is 0 Å². The Morgan fingerprint density at radius 2 is 2.42 bits per heavy atom. The predicted octanol–water partition coefficient (Wildman–Crippen LogP) is 1.01. The Morgan fingerprint density at radius 3 is 2.92 bits per heavy atom. The summed E-state index contributed by atoms with van der Waals surface area (Å²) in [7, 11) is 0. The van der Waals surface area contributed by atoms with Crippen LogP contribution in [0.15, 0.2) is 18.3 Å². The zero-order chi connectivity index (χ0) is 8.97. The van der Waals surface area contributed by atoms with E-state index in [1.54, 1.807) is 19.1 Å². The van der Waals surface area contributed by atoms with Crippen molar-refractivity contribution in [3.05, 3.63) is 18.3 Å². The second kappa shape index (κ2) is 3.71. The molecular weight excluding hydrogens is 154 g/mol. The van der Waals surface area contributed by atoms with E-state index in [0.717, 1.165) is 0 Å². The van der Waals surface area contributed by atoms with Gasteiger partial charge in [0.1, 0.15) is 5.82 Å². The molecule has 0 aromatic carbocycles. The molecule has 0 saturated heterocycles. The maximum atomic E-state index is 10.9. The normalized spacial score (nSPS) is 9.42. The molecule has 0 aliphatic heterocycles. The smallest absolute Gasteiger partial charge is 0.224 e. The highest BCUT2D eigenvalue weighted by Gasteiger charge is 1.97. The van der Waals surface area contributed by atoms with Crippen LogP contribution >= 0.6 is 0 Å². The molecule has 1 aromatic heterocycles. The highest BCUT2D eigenvalue weighted by molar-refractivity contribution is 5.90. The van der Waals surface area contributed by atoms with Gasteiger partial charge in [-0.25, -0.2) is 4.98 Å². The van der Waals surface area contributed by atoms with Crippen molar-refractivity contribution in [3.63, 3.8) is 0 Å². The topological polar surface area (TPSA) is 68.0 Å². The average molecular weight is 165 g/mol. The first-order chi connectivity index (χ1) is 5.72. The van der Waals surface area contributed by atoms with Crippen LogP contribution in [0.1, 0.15) is 13.3 Å². The number of pyridine rings is 1. The molecule has 1 aromatic rings. The van der Waals surface area contributed by atoms with Crippen molar-refractivity contribution in [3.8, 4) is 0 Å². The van der Waals surface area contributed by atoms with E-state index in [4.69, 9.17) is 5.73 Å². The third kappa shape index (κ3) is 2.23. The van der Waals surface area contributed by atoms with Gasteiger partial charge in [-0.05, 0) is 12.1 Å². The van der Waals surface area contributed by atoms with Crippen molar-refractivity contribution < 1.29 is 4.79 Å². The molecule has 64 valence electrons. The molecule has 0 radical (unpaired) electrons. The maximum Gasteiger partial charge on any atom is 0.224 e. The Bertz CT molecular complexity index is 268. The number of nitrogen functional groups attached to an aromatic ring is 1. The number of carbonyl (C=O) groups excluding carboxylic acids is 1. The fourth-order valence-electron chi connectivity index (χ4n) is 0.729. The van der Waals surface area contributed by atoms with Crippen LogP contribution in [0, 0.1) is 0 Å². The number of hydrogen-bond acceptors (Lipinski definition) is 3. The minimum absolute atomic E-state index is 0.0263. The number of carbonyl (C=O) groups is 1. The molecule has 12 heavy (non-hydrogen) atoms. The van der Waals surface area contributed by atoms with Crippen molar-refractivity contribution in [2.24, 2.45) is 0 Å². The zero-order valence-electron chi connectivity index (χ0n) is 6.87. The minimum Gasteiger partial charge on any atom is -0.384 e. The van der Waals surface area contributed by atoms with E-state index in [0.29, 0.717) is 17.9 Å². The lowest BCUT2D eigenvalue weighted by Crippen LogP contribution is -2.09. The van der Waals surface area contributed by atoms with Gasteiger partial charge < -0.3 is 11.1 Å². The molecule has 4 heteroatoms. The van der Waals surface area contributed by atoms with E-state index in [9.17, 15) is 4.79 Å². The molecule has 0 aliphatic carbocycles. The summed E-state index contributed by atoms with van der Waals surface area (Å²) in [5, 5.41) is 2.66. The Morgan fingerprint density at radius 1 is 1.67 bits per heavy atom. The molecule has 0 unspecified atom stereocenters. The maximum absolute atomic E-state index is 10.9. The molecule has 3 N–H and O–H groups in total. The first-order valence-electron chi connectivity index (χ1n) is 3.73.